The minimum atomic E-state index is -3.71. The van der Waals surface area contributed by atoms with Gasteiger partial charge in [0.15, 0.2) is 11.5 Å². The largest absolute Gasteiger partial charge is 0.495 e. The van der Waals surface area contributed by atoms with Crippen LogP contribution >= 0.6 is 0 Å². The minimum Gasteiger partial charge on any atom is -0.495 e. The van der Waals surface area contributed by atoms with Crippen molar-refractivity contribution in [2.45, 2.75) is 45.5 Å². The lowest BCUT2D eigenvalue weighted by atomic mass is 9.90. The van der Waals surface area contributed by atoms with E-state index in [0.29, 0.717) is 34.9 Å². The number of Topliss-reactive ketones (excluding diaryl/α,β-unsaturated/α-hetero) is 1. The zero-order valence-corrected chi connectivity index (χ0v) is 26.9. The van der Waals surface area contributed by atoms with Gasteiger partial charge in [-0.25, -0.2) is 13.4 Å². The van der Waals surface area contributed by atoms with Crippen molar-refractivity contribution in [2.24, 2.45) is 5.92 Å². The number of halogens is 2. The maximum atomic E-state index is 15.2. The fourth-order valence-corrected chi connectivity index (χ4v) is 5.54. The lowest BCUT2D eigenvalue weighted by molar-refractivity contribution is 0.0354. The Balaban J connectivity index is 1.61. The normalized spacial score (nSPS) is 14.6. The standard InChI is InChI=1S/C32H39F2N5O5S/c1-20(2)32(33,34)24-19-35-31(37-30(24)44-29-17-21(3)7-10-26(29)38-45(6,41)42)36-25-11-9-23(18-28(25)43-5)27(40)12-8-22-13-15-39(4)16-14-22/h7,9-11,17-19,22,38H,1,8,12-16H2,2-6H3,(H,35,36,37). The van der Waals surface area contributed by atoms with Crippen LogP contribution in [-0.2, 0) is 15.9 Å². The molecule has 4 rings (SSSR count). The lowest BCUT2D eigenvalue weighted by Gasteiger charge is -2.28. The first-order chi connectivity index (χ1) is 21.2. The van der Waals surface area contributed by atoms with Crippen LogP contribution in [0.25, 0.3) is 0 Å². The molecule has 1 fully saturated rings. The molecule has 0 unspecified atom stereocenters. The maximum absolute atomic E-state index is 15.2. The molecular weight excluding hydrogens is 604 g/mol. The van der Waals surface area contributed by atoms with Crippen LogP contribution in [0.15, 0.2) is 54.7 Å². The lowest BCUT2D eigenvalue weighted by Crippen LogP contribution is -2.30. The summed E-state index contributed by atoms with van der Waals surface area (Å²) < 4.78 is 68.1. The molecule has 3 aromatic rings. The molecule has 2 heterocycles. The number of alkyl halides is 2. The van der Waals surface area contributed by atoms with Gasteiger partial charge in [-0.1, -0.05) is 12.6 Å². The number of sulfonamides is 1. The number of anilines is 3. The van der Waals surface area contributed by atoms with Gasteiger partial charge in [-0.2, -0.15) is 13.8 Å². The van der Waals surface area contributed by atoms with Crippen molar-refractivity contribution in [2.75, 3.05) is 43.5 Å². The van der Waals surface area contributed by atoms with Gasteiger partial charge in [0.25, 0.3) is 0 Å². The Morgan fingerprint density at radius 3 is 2.47 bits per heavy atom. The van der Waals surface area contributed by atoms with Crippen molar-refractivity contribution in [3.63, 3.8) is 0 Å². The first-order valence-corrected chi connectivity index (χ1v) is 16.4. The minimum absolute atomic E-state index is 0.00811. The number of nitrogens with zero attached hydrogens (tertiary/aromatic N) is 3. The zero-order chi connectivity index (χ0) is 32.9. The Labute approximate surface area is 262 Å². The average molecular weight is 644 g/mol. The quantitative estimate of drug-likeness (QED) is 0.155. The van der Waals surface area contributed by atoms with Crippen LogP contribution in [0.5, 0.6) is 17.4 Å². The number of carbonyl (C=O) groups is 1. The molecule has 0 spiro atoms. The van der Waals surface area contributed by atoms with Crippen molar-refractivity contribution in [1.29, 1.82) is 0 Å². The van der Waals surface area contributed by atoms with Gasteiger partial charge in [-0.05, 0) is 101 Å². The molecule has 1 aromatic heterocycles. The van der Waals surface area contributed by atoms with E-state index in [1.807, 2.05) is 0 Å². The fraction of sp³-hybridized carbons (Fsp3) is 0.406. The summed E-state index contributed by atoms with van der Waals surface area (Å²) in [6, 6.07) is 9.53. The maximum Gasteiger partial charge on any atom is 0.300 e. The summed E-state index contributed by atoms with van der Waals surface area (Å²) in [5.41, 5.74) is 0.494. The Morgan fingerprint density at radius 2 is 1.82 bits per heavy atom. The highest BCUT2D eigenvalue weighted by atomic mass is 32.2. The second kappa shape index (κ2) is 13.9. The van der Waals surface area contributed by atoms with Gasteiger partial charge >= 0.3 is 5.92 Å². The number of carbonyl (C=O) groups excluding carboxylic acids is 1. The first kappa shape index (κ1) is 33.8. The summed E-state index contributed by atoms with van der Waals surface area (Å²) in [4.78, 5) is 23.6. The van der Waals surface area contributed by atoms with Crippen molar-refractivity contribution < 1.29 is 31.5 Å². The van der Waals surface area contributed by atoms with Crippen LogP contribution in [0.2, 0.25) is 0 Å². The molecule has 0 aliphatic carbocycles. The van der Waals surface area contributed by atoms with Gasteiger partial charge in [0.1, 0.15) is 11.3 Å². The number of ketones is 1. The number of nitrogens with one attached hydrogen (secondary N) is 2. The van der Waals surface area contributed by atoms with E-state index in [2.05, 4.69) is 38.5 Å². The van der Waals surface area contributed by atoms with Gasteiger partial charge in [0.05, 0.1) is 24.7 Å². The highest BCUT2D eigenvalue weighted by Crippen LogP contribution is 2.42. The molecule has 0 saturated carbocycles. The average Bonchev–Trinajstić information content (AvgIpc) is 2.97. The number of aromatic nitrogens is 2. The molecular formula is C32H39F2N5O5S. The molecule has 2 aromatic carbocycles. The SMILES string of the molecule is C=C(C)C(F)(F)c1cnc(Nc2ccc(C(=O)CCC3CCN(C)CC3)cc2OC)nc1Oc1cc(C)ccc1NS(C)(=O)=O. The van der Waals surface area contributed by atoms with E-state index in [-0.39, 0.29) is 23.2 Å². The van der Waals surface area contributed by atoms with Crippen LogP contribution < -0.4 is 19.5 Å². The smallest absolute Gasteiger partial charge is 0.300 e. The molecule has 1 aliphatic rings. The molecule has 0 atom stereocenters. The van der Waals surface area contributed by atoms with Gasteiger partial charge in [-0.3, -0.25) is 9.52 Å². The predicted octanol–water partition coefficient (Wildman–Crippen LogP) is 6.67. The number of allylic oxidation sites excluding steroid dienone is 1. The summed E-state index contributed by atoms with van der Waals surface area (Å²) in [5, 5.41) is 2.95. The summed E-state index contributed by atoms with van der Waals surface area (Å²) in [6.07, 6.45) is 5.31. The Bertz CT molecular complexity index is 1670. The summed E-state index contributed by atoms with van der Waals surface area (Å²) in [5.74, 6) is -3.34. The van der Waals surface area contributed by atoms with E-state index in [9.17, 15) is 13.2 Å². The number of likely N-dealkylation sites (tertiary alicyclic amines) is 1. The van der Waals surface area contributed by atoms with Crippen LogP contribution in [0, 0.1) is 12.8 Å². The predicted molar refractivity (Wildman–Crippen MR) is 171 cm³/mol. The van der Waals surface area contributed by atoms with Crippen LogP contribution in [-0.4, -0.2) is 62.6 Å². The van der Waals surface area contributed by atoms with Crippen LogP contribution in [0.1, 0.15) is 54.1 Å². The van der Waals surface area contributed by atoms with Crippen molar-refractivity contribution in [1.82, 2.24) is 14.9 Å². The number of hydrogen-bond acceptors (Lipinski definition) is 9. The van der Waals surface area contributed by atoms with Gasteiger partial charge in [0, 0.05) is 18.2 Å². The molecule has 0 bridgehead atoms. The Hall–Kier alpha value is -4.10. The summed E-state index contributed by atoms with van der Waals surface area (Å²) in [6.45, 7) is 8.38. The molecule has 242 valence electrons. The Morgan fingerprint density at radius 1 is 1.13 bits per heavy atom. The van der Waals surface area contributed by atoms with Gasteiger partial charge in [0.2, 0.25) is 21.9 Å². The topological polar surface area (TPSA) is 123 Å². The third-order valence-corrected chi connectivity index (χ3v) is 8.25. The molecule has 10 nitrogen and oxygen atoms in total. The van der Waals surface area contributed by atoms with E-state index in [4.69, 9.17) is 9.47 Å². The Kier molecular flexibility index (Phi) is 10.4. The number of ether oxygens (including phenoxy) is 2. The molecule has 1 saturated heterocycles. The third kappa shape index (κ3) is 8.76. The third-order valence-electron chi connectivity index (χ3n) is 7.65. The molecule has 0 radical (unpaired) electrons. The number of methoxy groups -OCH3 is 1. The van der Waals surface area contributed by atoms with Crippen molar-refractivity contribution >= 4 is 33.1 Å². The second-order valence-electron chi connectivity index (χ2n) is 11.5. The molecule has 1 aliphatic heterocycles. The van der Waals surface area contributed by atoms with E-state index in [1.165, 1.54) is 26.2 Å². The summed E-state index contributed by atoms with van der Waals surface area (Å²) >= 11 is 0. The van der Waals surface area contributed by atoms with Gasteiger partial charge < -0.3 is 19.7 Å². The first-order valence-electron chi connectivity index (χ1n) is 14.5. The molecule has 0 amide bonds. The molecule has 45 heavy (non-hydrogen) atoms. The van der Waals surface area contributed by atoms with Crippen LogP contribution in [0.4, 0.5) is 26.1 Å². The van der Waals surface area contributed by atoms with E-state index >= 15 is 8.78 Å². The number of piperidine rings is 1. The van der Waals surface area contributed by atoms with Crippen molar-refractivity contribution in [3.8, 4) is 17.4 Å². The zero-order valence-electron chi connectivity index (χ0n) is 26.1. The van der Waals surface area contributed by atoms with Crippen LogP contribution in [0.3, 0.4) is 0 Å². The van der Waals surface area contributed by atoms with E-state index in [1.54, 1.807) is 31.2 Å². The highest BCUT2D eigenvalue weighted by Gasteiger charge is 2.38. The second-order valence-corrected chi connectivity index (χ2v) is 13.2. The fourth-order valence-electron chi connectivity index (χ4n) is 4.97. The molecule has 2 N–H and O–H groups in total. The summed E-state index contributed by atoms with van der Waals surface area (Å²) in [7, 11) is -0.156. The van der Waals surface area contributed by atoms with Gasteiger partial charge in [-0.15, -0.1) is 0 Å². The number of rotatable bonds is 13. The number of aryl methyl sites for hydroxylation is 1. The number of hydrogen-bond donors (Lipinski definition) is 2. The van der Waals surface area contributed by atoms with Crippen molar-refractivity contribution in [3.05, 3.63) is 71.4 Å². The van der Waals surface area contributed by atoms with E-state index < -0.39 is 33.0 Å². The number of benzene rings is 2. The monoisotopic (exact) mass is 643 g/mol. The van der Waals surface area contributed by atoms with E-state index in [0.717, 1.165) is 44.8 Å². The highest BCUT2D eigenvalue weighted by molar-refractivity contribution is 7.92. The molecule has 13 heteroatoms.